The molecular weight excluding hydrogens is 408 g/mol. The van der Waals surface area contributed by atoms with Crippen molar-refractivity contribution in [3.8, 4) is 0 Å². The molecule has 32 heavy (non-hydrogen) atoms. The number of nitro groups is 1. The van der Waals surface area contributed by atoms with Crippen LogP contribution in [-0.4, -0.2) is 33.9 Å². The molecule has 2 aromatic carbocycles. The third kappa shape index (κ3) is 5.00. The largest absolute Gasteiger partial charge is 0.341 e. The number of anilines is 4. The highest BCUT2D eigenvalue weighted by molar-refractivity contribution is 6.07. The number of hydrogen-bond acceptors (Lipinski definition) is 7. The Hall–Kier alpha value is -4.01. The van der Waals surface area contributed by atoms with E-state index in [-0.39, 0.29) is 11.3 Å². The summed E-state index contributed by atoms with van der Waals surface area (Å²) in [6.07, 6.45) is 3.55. The second-order valence-electron chi connectivity index (χ2n) is 7.67. The number of aromatic nitrogens is 2. The smallest absolute Gasteiger partial charge is 0.282 e. The summed E-state index contributed by atoms with van der Waals surface area (Å²) in [4.78, 5) is 34.5. The van der Waals surface area contributed by atoms with Gasteiger partial charge in [-0.2, -0.15) is 4.98 Å². The number of rotatable bonds is 6. The lowest BCUT2D eigenvalue weighted by atomic mass is 10.1. The standard InChI is InChI=1S/C23H24N6O3/c1-16-15-21(27-23(24-16)28-13-5-2-6-14-28)25-17-9-11-18(12-10-17)26-22(30)19-7-3-4-8-20(19)29(31)32/h3-4,7-12,15H,2,5-6,13-14H2,1H3,(H,26,30)(H,24,25,27). The summed E-state index contributed by atoms with van der Waals surface area (Å²) < 4.78 is 0. The molecule has 0 radical (unpaired) electrons. The van der Waals surface area contributed by atoms with Crippen molar-refractivity contribution in [1.82, 2.24) is 9.97 Å². The third-order valence-corrected chi connectivity index (χ3v) is 5.24. The van der Waals surface area contributed by atoms with Gasteiger partial charge in [0.05, 0.1) is 4.92 Å². The highest BCUT2D eigenvalue weighted by Gasteiger charge is 2.19. The van der Waals surface area contributed by atoms with Crippen LogP contribution in [0, 0.1) is 17.0 Å². The molecule has 9 heteroatoms. The second-order valence-corrected chi connectivity index (χ2v) is 7.67. The fourth-order valence-electron chi connectivity index (χ4n) is 3.66. The normalized spacial score (nSPS) is 13.5. The molecule has 1 saturated heterocycles. The van der Waals surface area contributed by atoms with E-state index < -0.39 is 10.8 Å². The maximum absolute atomic E-state index is 12.5. The van der Waals surface area contributed by atoms with Crippen LogP contribution in [0.2, 0.25) is 0 Å². The molecule has 164 valence electrons. The number of para-hydroxylation sites is 1. The Morgan fingerprint density at radius 1 is 1.00 bits per heavy atom. The van der Waals surface area contributed by atoms with Gasteiger partial charge in [0.1, 0.15) is 11.4 Å². The topological polar surface area (TPSA) is 113 Å². The molecule has 0 bridgehead atoms. The minimum atomic E-state index is -0.566. The molecule has 1 aliphatic rings. The van der Waals surface area contributed by atoms with E-state index in [9.17, 15) is 14.9 Å². The Bertz CT molecular complexity index is 1130. The van der Waals surface area contributed by atoms with E-state index in [1.54, 1.807) is 18.2 Å². The number of piperidine rings is 1. The number of nitrogens with one attached hydrogen (secondary N) is 2. The van der Waals surface area contributed by atoms with Crippen LogP contribution in [-0.2, 0) is 0 Å². The van der Waals surface area contributed by atoms with E-state index >= 15 is 0 Å². The lowest BCUT2D eigenvalue weighted by Gasteiger charge is -2.27. The first kappa shape index (κ1) is 21.2. The van der Waals surface area contributed by atoms with Crippen molar-refractivity contribution >= 4 is 34.7 Å². The Kier molecular flexibility index (Phi) is 6.25. The van der Waals surface area contributed by atoms with Crippen LogP contribution < -0.4 is 15.5 Å². The highest BCUT2D eigenvalue weighted by Crippen LogP contribution is 2.23. The van der Waals surface area contributed by atoms with Crippen molar-refractivity contribution < 1.29 is 9.72 Å². The Morgan fingerprint density at radius 3 is 2.41 bits per heavy atom. The minimum absolute atomic E-state index is 0.0152. The van der Waals surface area contributed by atoms with Gasteiger partial charge in [0.2, 0.25) is 5.95 Å². The zero-order valence-electron chi connectivity index (χ0n) is 17.7. The lowest BCUT2D eigenvalue weighted by Crippen LogP contribution is -2.31. The molecule has 0 unspecified atom stereocenters. The number of nitrogens with zero attached hydrogens (tertiary/aromatic N) is 4. The van der Waals surface area contributed by atoms with Gasteiger partial charge in [-0.3, -0.25) is 14.9 Å². The fourth-order valence-corrected chi connectivity index (χ4v) is 3.66. The molecule has 0 saturated carbocycles. The van der Waals surface area contributed by atoms with Gasteiger partial charge in [0.25, 0.3) is 11.6 Å². The summed E-state index contributed by atoms with van der Waals surface area (Å²) in [5, 5.41) is 17.1. The first-order valence-electron chi connectivity index (χ1n) is 10.5. The maximum atomic E-state index is 12.5. The van der Waals surface area contributed by atoms with Crippen molar-refractivity contribution in [1.29, 1.82) is 0 Å². The van der Waals surface area contributed by atoms with E-state index in [1.165, 1.54) is 24.6 Å². The molecule has 9 nitrogen and oxygen atoms in total. The number of aryl methyl sites for hydroxylation is 1. The molecule has 1 amide bonds. The van der Waals surface area contributed by atoms with Crippen LogP contribution >= 0.6 is 0 Å². The van der Waals surface area contributed by atoms with Crippen LogP contribution in [0.25, 0.3) is 0 Å². The van der Waals surface area contributed by atoms with E-state index in [2.05, 4.69) is 25.5 Å². The summed E-state index contributed by atoms with van der Waals surface area (Å²) in [5.74, 6) is 0.908. The lowest BCUT2D eigenvalue weighted by molar-refractivity contribution is -0.385. The molecule has 2 heterocycles. The van der Waals surface area contributed by atoms with Gasteiger partial charge in [0, 0.05) is 42.3 Å². The van der Waals surface area contributed by atoms with Crippen LogP contribution in [0.1, 0.15) is 35.3 Å². The fraction of sp³-hybridized carbons (Fsp3) is 0.261. The number of hydrogen-bond donors (Lipinski definition) is 2. The van der Waals surface area contributed by atoms with Crippen molar-refractivity contribution in [3.63, 3.8) is 0 Å². The van der Waals surface area contributed by atoms with Crippen molar-refractivity contribution in [3.05, 3.63) is 76.0 Å². The van der Waals surface area contributed by atoms with Crippen molar-refractivity contribution in [2.75, 3.05) is 28.6 Å². The van der Waals surface area contributed by atoms with Crippen molar-refractivity contribution in [2.45, 2.75) is 26.2 Å². The Morgan fingerprint density at radius 2 is 1.69 bits per heavy atom. The van der Waals surface area contributed by atoms with Gasteiger partial charge < -0.3 is 15.5 Å². The zero-order valence-corrected chi connectivity index (χ0v) is 17.7. The first-order valence-corrected chi connectivity index (χ1v) is 10.5. The average Bonchev–Trinajstić information content (AvgIpc) is 2.80. The summed E-state index contributed by atoms with van der Waals surface area (Å²) in [6.45, 7) is 3.88. The molecule has 0 aliphatic carbocycles. The van der Waals surface area contributed by atoms with Gasteiger partial charge in [-0.15, -0.1) is 0 Å². The second kappa shape index (κ2) is 9.42. The summed E-state index contributed by atoms with van der Waals surface area (Å²) in [6, 6.07) is 14.8. The molecule has 1 fully saturated rings. The van der Waals surface area contributed by atoms with Crippen molar-refractivity contribution in [2.24, 2.45) is 0 Å². The molecule has 1 aromatic heterocycles. The number of carbonyl (C=O) groups excluding carboxylic acids is 1. The highest BCUT2D eigenvalue weighted by atomic mass is 16.6. The van der Waals surface area contributed by atoms with Crippen LogP contribution in [0.5, 0.6) is 0 Å². The SMILES string of the molecule is Cc1cc(Nc2ccc(NC(=O)c3ccccc3[N+](=O)[O-])cc2)nc(N2CCCCC2)n1. The van der Waals surface area contributed by atoms with Gasteiger partial charge in [-0.1, -0.05) is 12.1 Å². The molecule has 2 N–H and O–H groups in total. The summed E-state index contributed by atoms with van der Waals surface area (Å²) in [7, 11) is 0. The van der Waals surface area contributed by atoms with E-state index in [0.29, 0.717) is 11.5 Å². The predicted molar refractivity (Wildman–Crippen MR) is 124 cm³/mol. The number of nitro benzene ring substituents is 1. The number of benzene rings is 2. The minimum Gasteiger partial charge on any atom is -0.341 e. The van der Waals surface area contributed by atoms with E-state index in [4.69, 9.17) is 0 Å². The molecule has 0 spiro atoms. The monoisotopic (exact) mass is 432 g/mol. The van der Waals surface area contributed by atoms with E-state index in [1.807, 2.05) is 25.1 Å². The molecule has 1 aliphatic heterocycles. The first-order chi connectivity index (χ1) is 15.5. The summed E-state index contributed by atoms with van der Waals surface area (Å²) >= 11 is 0. The molecule has 3 aromatic rings. The van der Waals surface area contributed by atoms with Gasteiger partial charge in [-0.25, -0.2) is 4.98 Å². The zero-order chi connectivity index (χ0) is 22.5. The Balaban J connectivity index is 1.45. The Labute approximate surface area is 185 Å². The number of carbonyl (C=O) groups is 1. The van der Waals surface area contributed by atoms with Gasteiger partial charge >= 0.3 is 0 Å². The molecule has 0 atom stereocenters. The maximum Gasteiger partial charge on any atom is 0.282 e. The average molecular weight is 432 g/mol. The van der Waals surface area contributed by atoms with Crippen LogP contribution in [0.3, 0.4) is 0 Å². The van der Waals surface area contributed by atoms with Crippen LogP contribution in [0.15, 0.2) is 54.6 Å². The van der Waals surface area contributed by atoms with Crippen LogP contribution in [0.4, 0.5) is 28.8 Å². The number of amides is 1. The molecule has 4 rings (SSSR count). The quantitative estimate of drug-likeness (QED) is 0.429. The predicted octanol–water partition coefficient (Wildman–Crippen LogP) is 4.68. The molecular formula is C23H24N6O3. The van der Waals surface area contributed by atoms with Gasteiger partial charge in [0.15, 0.2) is 0 Å². The van der Waals surface area contributed by atoms with E-state index in [0.717, 1.165) is 43.3 Å². The van der Waals surface area contributed by atoms with Gasteiger partial charge in [-0.05, 0) is 56.5 Å². The third-order valence-electron chi connectivity index (χ3n) is 5.24. The summed E-state index contributed by atoms with van der Waals surface area (Å²) in [5.41, 5.74) is 2.01.